The summed E-state index contributed by atoms with van der Waals surface area (Å²) < 4.78 is 27.7. The number of H-pyrrole nitrogens is 1. The molecule has 1 aliphatic rings. The van der Waals surface area contributed by atoms with Crippen molar-refractivity contribution >= 4 is 10.9 Å². The van der Waals surface area contributed by atoms with Gasteiger partial charge in [0.05, 0.1) is 17.4 Å². The zero-order valence-corrected chi connectivity index (χ0v) is 11.8. The van der Waals surface area contributed by atoms with Gasteiger partial charge in [0.25, 0.3) is 5.92 Å². The van der Waals surface area contributed by atoms with E-state index in [0.717, 1.165) is 22.2 Å². The number of hydrogen-bond donors (Lipinski definition) is 2. The molecule has 1 saturated carbocycles. The van der Waals surface area contributed by atoms with Crippen molar-refractivity contribution in [2.45, 2.75) is 31.5 Å². The van der Waals surface area contributed by atoms with Crippen molar-refractivity contribution < 1.29 is 8.78 Å². The van der Waals surface area contributed by atoms with Gasteiger partial charge in [0.15, 0.2) is 0 Å². The van der Waals surface area contributed by atoms with Crippen LogP contribution in [-0.2, 0) is 13.1 Å². The molecular formula is C15H15F2N5. The minimum Gasteiger partial charge on any atom is -0.307 e. The molecule has 1 unspecified atom stereocenters. The van der Waals surface area contributed by atoms with E-state index in [2.05, 4.69) is 20.6 Å². The number of rotatable bonds is 5. The molecule has 0 saturated heterocycles. The summed E-state index contributed by atoms with van der Waals surface area (Å²) in [6, 6.07) is 7.06. The van der Waals surface area contributed by atoms with Crippen LogP contribution in [-0.4, -0.2) is 25.9 Å². The Bertz CT molecular complexity index is 807. The van der Waals surface area contributed by atoms with Gasteiger partial charge in [0.1, 0.15) is 6.04 Å². The fourth-order valence-electron chi connectivity index (χ4n) is 2.66. The van der Waals surface area contributed by atoms with Gasteiger partial charge in [-0.2, -0.15) is 10.2 Å². The van der Waals surface area contributed by atoms with Crippen LogP contribution in [0.2, 0.25) is 0 Å². The molecule has 0 amide bonds. The van der Waals surface area contributed by atoms with Crippen LogP contribution in [0.25, 0.3) is 10.9 Å². The van der Waals surface area contributed by atoms with E-state index in [1.54, 1.807) is 18.5 Å². The van der Waals surface area contributed by atoms with E-state index < -0.39 is 12.0 Å². The van der Waals surface area contributed by atoms with E-state index in [0.29, 0.717) is 13.1 Å². The van der Waals surface area contributed by atoms with Crippen molar-refractivity contribution in [2.24, 2.45) is 0 Å². The van der Waals surface area contributed by atoms with Crippen LogP contribution in [0.4, 0.5) is 8.78 Å². The third-order valence-electron chi connectivity index (χ3n) is 3.98. The Morgan fingerprint density at radius 2 is 2.18 bits per heavy atom. The number of halogens is 2. The van der Waals surface area contributed by atoms with E-state index in [-0.39, 0.29) is 6.42 Å². The van der Waals surface area contributed by atoms with Gasteiger partial charge >= 0.3 is 0 Å². The highest BCUT2D eigenvalue weighted by Gasteiger charge is 2.59. The maximum atomic E-state index is 13.2. The fourth-order valence-corrected chi connectivity index (χ4v) is 2.66. The number of aromatic amines is 1. The average molecular weight is 303 g/mol. The van der Waals surface area contributed by atoms with Gasteiger partial charge in [0.2, 0.25) is 0 Å². The first kappa shape index (κ1) is 13.4. The Kier molecular flexibility index (Phi) is 2.97. The lowest BCUT2D eigenvalue weighted by Crippen LogP contribution is -2.17. The molecule has 0 aliphatic heterocycles. The first-order valence-electron chi connectivity index (χ1n) is 7.16. The number of hydrogen-bond acceptors (Lipinski definition) is 3. The van der Waals surface area contributed by atoms with Gasteiger partial charge in [-0.3, -0.25) is 9.78 Å². The van der Waals surface area contributed by atoms with E-state index in [1.807, 2.05) is 18.2 Å². The number of nitrogens with zero attached hydrogens (tertiary/aromatic N) is 3. The quantitative estimate of drug-likeness (QED) is 0.762. The summed E-state index contributed by atoms with van der Waals surface area (Å²) in [4.78, 5) is 0. The molecule has 1 aromatic carbocycles. The molecule has 22 heavy (non-hydrogen) atoms. The molecule has 0 radical (unpaired) electrons. The predicted molar refractivity (Wildman–Crippen MR) is 77.5 cm³/mol. The van der Waals surface area contributed by atoms with Crippen LogP contribution in [0.1, 0.15) is 23.7 Å². The van der Waals surface area contributed by atoms with Crippen molar-refractivity contribution in [1.29, 1.82) is 0 Å². The van der Waals surface area contributed by atoms with E-state index >= 15 is 0 Å². The van der Waals surface area contributed by atoms with Crippen LogP contribution in [0.5, 0.6) is 0 Å². The van der Waals surface area contributed by atoms with Crippen LogP contribution in [0.3, 0.4) is 0 Å². The summed E-state index contributed by atoms with van der Waals surface area (Å²) in [5.74, 6) is -2.60. The summed E-state index contributed by atoms with van der Waals surface area (Å²) in [7, 11) is 0. The molecule has 114 valence electrons. The summed E-state index contributed by atoms with van der Waals surface area (Å²) >= 11 is 0. The van der Waals surface area contributed by atoms with Crippen molar-refractivity contribution in [3.05, 3.63) is 47.9 Å². The molecule has 0 bridgehead atoms. The lowest BCUT2D eigenvalue weighted by Gasteiger charge is -2.08. The molecule has 2 heterocycles. The monoisotopic (exact) mass is 303 g/mol. The van der Waals surface area contributed by atoms with Gasteiger partial charge in [-0.1, -0.05) is 12.1 Å². The van der Waals surface area contributed by atoms with Crippen LogP contribution < -0.4 is 5.32 Å². The minimum absolute atomic E-state index is 0.113. The molecule has 1 fully saturated rings. The van der Waals surface area contributed by atoms with Crippen molar-refractivity contribution in [3.8, 4) is 0 Å². The lowest BCUT2D eigenvalue weighted by atomic mass is 10.1. The van der Waals surface area contributed by atoms with Crippen molar-refractivity contribution in [2.75, 3.05) is 0 Å². The molecule has 2 aromatic heterocycles. The summed E-state index contributed by atoms with van der Waals surface area (Å²) in [5, 5.41) is 15.3. The summed E-state index contributed by atoms with van der Waals surface area (Å²) in [6.45, 7) is 1.16. The number of alkyl halides is 2. The Labute approximate surface area is 125 Å². The Balaban J connectivity index is 1.40. The highest BCUT2D eigenvalue weighted by Crippen LogP contribution is 2.52. The number of fused-ring (bicyclic) bond motifs is 1. The second-order valence-electron chi connectivity index (χ2n) is 5.64. The fraction of sp³-hybridized carbons (Fsp3) is 0.333. The lowest BCUT2D eigenvalue weighted by molar-refractivity contribution is 0.0976. The molecule has 2 N–H and O–H groups in total. The van der Waals surface area contributed by atoms with Crippen LogP contribution >= 0.6 is 0 Å². The summed E-state index contributed by atoms with van der Waals surface area (Å²) in [6.07, 6.45) is 3.24. The van der Waals surface area contributed by atoms with Gasteiger partial charge in [-0.25, -0.2) is 8.78 Å². The third-order valence-corrected chi connectivity index (χ3v) is 3.98. The topological polar surface area (TPSA) is 58.5 Å². The van der Waals surface area contributed by atoms with Crippen molar-refractivity contribution in [1.82, 2.24) is 25.3 Å². The van der Waals surface area contributed by atoms with Crippen molar-refractivity contribution in [3.63, 3.8) is 0 Å². The maximum absolute atomic E-state index is 13.2. The largest absolute Gasteiger partial charge is 0.307 e. The third kappa shape index (κ3) is 2.37. The van der Waals surface area contributed by atoms with Gasteiger partial charge < -0.3 is 5.32 Å². The van der Waals surface area contributed by atoms with Crippen LogP contribution in [0.15, 0.2) is 36.7 Å². The molecule has 1 aliphatic carbocycles. The Hall–Kier alpha value is -2.28. The van der Waals surface area contributed by atoms with E-state index in [9.17, 15) is 8.78 Å². The van der Waals surface area contributed by atoms with Gasteiger partial charge in [-0.15, -0.1) is 0 Å². The Morgan fingerprint density at radius 3 is 3.00 bits per heavy atom. The second kappa shape index (κ2) is 4.88. The molecule has 4 rings (SSSR count). The SMILES string of the molecule is FC1(F)CC1n1nccc1CNCc1ccc2cn[nH]c2c1. The molecule has 7 heteroatoms. The van der Waals surface area contributed by atoms with E-state index in [4.69, 9.17) is 0 Å². The number of aromatic nitrogens is 4. The molecule has 1 atom stereocenters. The van der Waals surface area contributed by atoms with Gasteiger partial charge in [0, 0.05) is 31.1 Å². The van der Waals surface area contributed by atoms with E-state index in [1.165, 1.54) is 4.68 Å². The highest BCUT2D eigenvalue weighted by atomic mass is 19.3. The number of benzene rings is 1. The molecule has 0 spiro atoms. The Morgan fingerprint density at radius 1 is 1.32 bits per heavy atom. The van der Waals surface area contributed by atoms with Crippen LogP contribution in [0, 0.1) is 0 Å². The predicted octanol–water partition coefficient (Wildman–Crippen LogP) is 2.63. The normalized spacial score (nSPS) is 19.6. The second-order valence-corrected chi connectivity index (χ2v) is 5.64. The highest BCUT2D eigenvalue weighted by molar-refractivity contribution is 5.78. The minimum atomic E-state index is -2.60. The summed E-state index contributed by atoms with van der Waals surface area (Å²) in [5.41, 5.74) is 2.88. The standard InChI is InChI=1S/C15H15F2N5/c16-15(17)6-14(15)22-12(3-4-20-22)9-18-7-10-1-2-11-8-19-21-13(11)5-10/h1-5,8,14,18H,6-7,9H2,(H,19,21). The molecule has 3 aromatic rings. The average Bonchev–Trinajstić information content (AvgIpc) is 2.91. The number of nitrogens with one attached hydrogen (secondary N) is 2. The zero-order chi connectivity index (χ0) is 15.2. The molecular weight excluding hydrogens is 288 g/mol. The first-order valence-corrected chi connectivity index (χ1v) is 7.16. The van der Waals surface area contributed by atoms with Gasteiger partial charge in [-0.05, 0) is 17.7 Å². The molecule has 5 nitrogen and oxygen atoms in total. The smallest absolute Gasteiger partial charge is 0.272 e. The zero-order valence-electron chi connectivity index (χ0n) is 11.8. The first-order chi connectivity index (χ1) is 10.6. The maximum Gasteiger partial charge on any atom is 0.272 e.